The standard InChI is InChI=1S/C23H37N3O6SSi/c1-22(2,3)32-21(30)26-11-9-15(10-12-26)19-25-17(14-33-19)18(27)24-16(20(28)29)13-31-34(7,8)23(4,5)6/h9,14,16H,10-13H2,1-8H3,(H,24,27)(H,28,29)/t16-/m0/s1. The van der Waals surface area contributed by atoms with Gasteiger partial charge in [0.15, 0.2) is 8.32 Å². The number of nitrogens with zero attached hydrogens (tertiary/aromatic N) is 2. The van der Waals surface area contributed by atoms with Gasteiger partial charge in [0.1, 0.15) is 22.3 Å². The molecule has 1 aliphatic heterocycles. The Balaban J connectivity index is 2.00. The molecular weight excluding hydrogens is 474 g/mol. The Bertz CT molecular complexity index is 945. The van der Waals surface area contributed by atoms with Crippen molar-refractivity contribution in [2.45, 2.75) is 77.7 Å². The van der Waals surface area contributed by atoms with E-state index in [9.17, 15) is 19.5 Å². The van der Waals surface area contributed by atoms with E-state index < -0.39 is 31.8 Å². The maximum atomic E-state index is 12.7. The monoisotopic (exact) mass is 511 g/mol. The normalized spacial score (nSPS) is 16.0. The van der Waals surface area contributed by atoms with Gasteiger partial charge in [-0.2, -0.15) is 0 Å². The van der Waals surface area contributed by atoms with E-state index >= 15 is 0 Å². The number of aliphatic carboxylic acids is 1. The van der Waals surface area contributed by atoms with E-state index in [1.165, 1.54) is 11.3 Å². The van der Waals surface area contributed by atoms with Crippen LogP contribution in [0, 0.1) is 0 Å². The number of hydrogen-bond acceptors (Lipinski definition) is 7. The van der Waals surface area contributed by atoms with Crippen molar-refractivity contribution in [2.75, 3.05) is 19.7 Å². The van der Waals surface area contributed by atoms with E-state index in [0.717, 1.165) is 5.57 Å². The number of rotatable bonds is 7. The van der Waals surface area contributed by atoms with Gasteiger partial charge in [-0.3, -0.25) is 4.79 Å². The van der Waals surface area contributed by atoms with Crippen LogP contribution in [0.3, 0.4) is 0 Å². The fourth-order valence-corrected chi connectivity index (χ4v) is 4.68. The molecule has 2 amide bonds. The zero-order chi connectivity index (χ0) is 25.9. The average molecular weight is 512 g/mol. The summed E-state index contributed by atoms with van der Waals surface area (Å²) in [5, 5.41) is 14.3. The first-order chi connectivity index (χ1) is 15.5. The Morgan fingerprint density at radius 3 is 2.38 bits per heavy atom. The zero-order valence-electron chi connectivity index (χ0n) is 21.4. The third-order valence-corrected chi connectivity index (χ3v) is 11.3. The first kappa shape index (κ1) is 28.0. The van der Waals surface area contributed by atoms with Gasteiger partial charge in [-0.15, -0.1) is 11.3 Å². The van der Waals surface area contributed by atoms with E-state index in [2.05, 4.69) is 31.1 Å². The van der Waals surface area contributed by atoms with E-state index in [-0.39, 0.29) is 23.4 Å². The molecule has 0 radical (unpaired) electrons. The molecule has 1 aliphatic rings. The van der Waals surface area contributed by atoms with Crippen LogP contribution in [-0.2, 0) is 14.0 Å². The van der Waals surface area contributed by atoms with Gasteiger partial charge < -0.3 is 24.5 Å². The van der Waals surface area contributed by atoms with Crippen molar-refractivity contribution >= 4 is 43.2 Å². The molecular formula is C23H37N3O6SSi. The third-order valence-electron chi connectivity index (χ3n) is 5.89. The third kappa shape index (κ3) is 7.64. The molecule has 0 fully saturated rings. The zero-order valence-corrected chi connectivity index (χ0v) is 23.2. The summed E-state index contributed by atoms with van der Waals surface area (Å²) in [4.78, 5) is 42.7. The summed E-state index contributed by atoms with van der Waals surface area (Å²) in [5.74, 6) is -1.71. The van der Waals surface area contributed by atoms with Gasteiger partial charge in [0.25, 0.3) is 5.91 Å². The van der Waals surface area contributed by atoms with Crippen molar-refractivity contribution in [1.82, 2.24) is 15.2 Å². The fourth-order valence-electron chi connectivity index (χ4n) is 2.80. The SMILES string of the molecule is CC(C)(C)OC(=O)N1CC=C(c2nc(C(=O)N[C@@H](CO[Si](C)(C)C(C)(C)C)C(=O)O)cs2)CC1. The highest BCUT2D eigenvalue weighted by molar-refractivity contribution is 7.11. The smallest absolute Gasteiger partial charge is 0.410 e. The number of nitrogens with one attached hydrogen (secondary N) is 1. The van der Waals surface area contributed by atoms with Crippen LogP contribution in [0.2, 0.25) is 18.1 Å². The van der Waals surface area contributed by atoms with Crippen molar-refractivity contribution in [3.63, 3.8) is 0 Å². The summed E-state index contributed by atoms with van der Waals surface area (Å²) in [5.41, 5.74) is 0.552. The average Bonchev–Trinajstić information content (AvgIpc) is 3.19. The first-order valence-electron chi connectivity index (χ1n) is 11.3. The quantitative estimate of drug-likeness (QED) is 0.522. The number of ether oxygens (including phenoxy) is 1. The summed E-state index contributed by atoms with van der Waals surface area (Å²) in [7, 11) is -2.16. The van der Waals surface area contributed by atoms with Crippen molar-refractivity contribution < 1.29 is 28.7 Å². The van der Waals surface area contributed by atoms with Crippen LogP contribution in [0.1, 0.15) is 63.5 Å². The molecule has 0 spiro atoms. The summed E-state index contributed by atoms with van der Waals surface area (Å²) < 4.78 is 11.4. The van der Waals surface area contributed by atoms with Crippen LogP contribution in [0.4, 0.5) is 4.79 Å². The molecule has 0 aromatic carbocycles. The summed E-state index contributed by atoms with van der Waals surface area (Å²) in [6.45, 7) is 16.5. The number of thiazole rings is 1. The largest absolute Gasteiger partial charge is 0.480 e. The Kier molecular flexibility index (Phi) is 8.70. The Labute approximate surface area is 206 Å². The van der Waals surface area contributed by atoms with Crippen molar-refractivity contribution in [3.8, 4) is 0 Å². The van der Waals surface area contributed by atoms with Crippen molar-refractivity contribution in [2.24, 2.45) is 0 Å². The lowest BCUT2D eigenvalue weighted by Gasteiger charge is -2.36. The topological polar surface area (TPSA) is 118 Å². The molecule has 2 heterocycles. The van der Waals surface area contributed by atoms with Crippen LogP contribution in [-0.4, -0.2) is 72.6 Å². The summed E-state index contributed by atoms with van der Waals surface area (Å²) in [6.07, 6.45) is 2.13. The van der Waals surface area contributed by atoms with Crippen molar-refractivity contribution in [1.29, 1.82) is 0 Å². The lowest BCUT2D eigenvalue weighted by Crippen LogP contribution is -2.49. The molecule has 11 heteroatoms. The minimum atomic E-state index is -2.16. The summed E-state index contributed by atoms with van der Waals surface area (Å²) >= 11 is 1.31. The molecule has 2 N–H and O–H groups in total. The van der Waals surface area contributed by atoms with Crippen LogP contribution >= 0.6 is 11.3 Å². The molecule has 2 rings (SSSR count). The second-order valence-corrected chi connectivity index (χ2v) is 16.5. The second-order valence-electron chi connectivity index (χ2n) is 10.9. The molecule has 9 nitrogen and oxygen atoms in total. The minimum absolute atomic E-state index is 0.0728. The number of carbonyl (C=O) groups is 3. The molecule has 190 valence electrons. The molecule has 0 bridgehead atoms. The van der Waals surface area contributed by atoms with Gasteiger partial charge >= 0.3 is 12.1 Å². The van der Waals surface area contributed by atoms with Crippen LogP contribution in [0.25, 0.3) is 5.57 Å². The van der Waals surface area contributed by atoms with Gasteiger partial charge in [-0.05, 0) is 50.9 Å². The van der Waals surface area contributed by atoms with Gasteiger partial charge in [-0.25, -0.2) is 14.6 Å². The van der Waals surface area contributed by atoms with Crippen molar-refractivity contribution in [3.05, 3.63) is 22.2 Å². The number of carboxylic acids is 1. The van der Waals surface area contributed by atoms with Gasteiger partial charge in [-0.1, -0.05) is 26.8 Å². The Morgan fingerprint density at radius 1 is 1.24 bits per heavy atom. The van der Waals surface area contributed by atoms with E-state index in [1.807, 2.05) is 39.9 Å². The maximum absolute atomic E-state index is 12.7. The molecule has 1 aromatic heterocycles. The molecule has 0 aliphatic carbocycles. The molecule has 1 atom stereocenters. The lowest BCUT2D eigenvalue weighted by molar-refractivity contribution is -0.140. The number of carboxylic acid groups (broad SMARTS) is 1. The fraction of sp³-hybridized carbons (Fsp3) is 0.652. The van der Waals surface area contributed by atoms with E-state index in [4.69, 9.17) is 9.16 Å². The van der Waals surface area contributed by atoms with Gasteiger partial charge in [0.2, 0.25) is 0 Å². The number of aromatic nitrogens is 1. The first-order valence-corrected chi connectivity index (χ1v) is 15.1. The predicted molar refractivity (Wildman–Crippen MR) is 135 cm³/mol. The second kappa shape index (κ2) is 10.6. The Morgan fingerprint density at radius 2 is 1.88 bits per heavy atom. The highest BCUT2D eigenvalue weighted by atomic mass is 32.1. The molecule has 34 heavy (non-hydrogen) atoms. The Hall–Kier alpha value is -2.24. The summed E-state index contributed by atoms with van der Waals surface area (Å²) in [6, 6.07) is -1.16. The molecule has 0 saturated heterocycles. The van der Waals surface area contributed by atoms with E-state index in [0.29, 0.717) is 24.5 Å². The van der Waals surface area contributed by atoms with Crippen LogP contribution < -0.4 is 5.32 Å². The van der Waals surface area contributed by atoms with Crippen LogP contribution in [0.5, 0.6) is 0 Å². The predicted octanol–water partition coefficient (Wildman–Crippen LogP) is 4.37. The van der Waals surface area contributed by atoms with Gasteiger partial charge in [0.05, 0.1) is 6.61 Å². The molecule has 1 aromatic rings. The number of hydrogen-bond donors (Lipinski definition) is 2. The lowest BCUT2D eigenvalue weighted by atomic mass is 10.1. The van der Waals surface area contributed by atoms with Gasteiger partial charge in [0, 0.05) is 18.5 Å². The number of amides is 2. The maximum Gasteiger partial charge on any atom is 0.410 e. The van der Waals surface area contributed by atoms with Crippen LogP contribution in [0.15, 0.2) is 11.5 Å². The molecule has 0 unspecified atom stereocenters. The highest BCUT2D eigenvalue weighted by Gasteiger charge is 2.38. The minimum Gasteiger partial charge on any atom is -0.480 e. The highest BCUT2D eigenvalue weighted by Crippen LogP contribution is 2.36. The molecule has 0 saturated carbocycles. The van der Waals surface area contributed by atoms with E-state index in [1.54, 1.807) is 10.3 Å². The number of carbonyl (C=O) groups excluding carboxylic acids is 2.